The summed E-state index contributed by atoms with van der Waals surface area (Å²) < 4.78 is 0. The van der Waals surface area contributed by atoms with E-state index in [1.165, 1.54) is 0 Å². The molecule has 0 radical (unpaired) electrons. The summed E-state index contributed by atoms with van der Waals surface area (Å²) in [5.74, 6) is 7.89. The molecule has 0 aromatic heterocycles. The number of aliphatic hydroxyl groups excluding tert-OH is 1. The molecule has 0 aliphatic carbocycles. The molecule has 64 valence electrons. The van der Waals surface area contributed by atoms with Gasteiger partial charge in [-0.05, 0) is 0 Å². The number of hydrogen-bond acceptors (Lipinski definition) is 5. The largest absolute Gasteiger partial charge is 0.383 e. The summed E-state index contributed by atoms with van der Waals surface area (Å²) in [5, 5.41) is 8.81. The van der Waals surface area contributed by atoms with Crippen LogP contribution in [0.4, 0.5) is 0 Å². The molecule has 0 saturated carbocycles. The van der Waals surface area contributed by atoms with Gasteiger partial charge in [0.1, 0.15) is 6.10 Å². The number of hydrazine groups is 2. The predicted octanol–water partition coefficient (Wildman–Crippen LogP) is -3.28. The van der Waals surface area contributed by atoms with Crippen LogP contribution in [0, 0.1) is 0 Å². The van der Waals surface area contributed by atoms with Gasteiger partial charge < -0.3 is 5.11 Å². The van der Waals surface area contributed by atoms with Crippen molar-refractivity contribution in [3.05, 3.63) is 0 Å². The Labute approximate surface area is 62.7 Å². The van der Waals surface area contributed by atoms with Gasteiger partial charge in [0.2, 0.25) is 5.91 Å². The first kappa shape index (κ1) is 9.82. The zero-order valence-electron chi connectivity index (χ0n) is 5.70. The molecule has 0 aliphatic heterocycles. The SMILES string of the molecule is NNC(=O)CC(O)C(=O)NN. The molecule has 0 aromatic rings. The summed E-state index contributed by atoms with van der Waals surface area (Å²) in [6, 6.07) is 0. The molecule has 0 heterocycles. The van der Waals surface area contributed by atoms with Crippen molar-refractivity contribution in [1.29, 1.82) is 0 Å². The van der Waals surface area contributed by atoms with E-state index >= 15 is 0 Å². The van der Waals surface area contributed by atoms with Gasteiger partial charge in [-0.25, -0.2) is 11.7 Å². The number of aliphatic hydroxyl groups is 1. The van der Waals surface area contributed by atoms with Crippen molar-refractivity contribution >= 4 is 11.8 Å². The summed E-state index contributed by atoms with van der Waals surface area (Å²) in [7, 11) is 0. The minimum Gasteiger partial charge on any atom is -0.383 e. The van der Waals surface area contributed by atoms with E-state index in [2.05, 4.69) is 11.7 Å². The second kappa shape index (κ2) is 4.61. The molecule has 0 aromatic carbocycles. The highest BCUT2D eigenvalue weighted by Crippen LogP contribution is 1.89. The maximum atomic E-state index is 10.5. The quantitative estimate of drug-likeness (QED) is 0.169. The molecule has 7 N–H and O–H groups in total. The summed E-state index contributed by atoms with van der Waals surface area (Å²) >= 11 is 0. The molecule has 0 rings (SSSR count). The van der Waals surface area contributed by atoms with E-state index in [0.29, 0.717) is 0 Å². The minimum atomic E-state index is -1.46. The van der Waals surface area contributed by atoms with Crippen molar-refractivity contribution < 1.29 is 14.7 Å². The van der Waals surface area contributed by atoms with Crippen molar-refractivity contribution in [3.8, 4) is 0 Å². The van der Waals surface area contributed by atoms with Crippen molar-refractivity contribution in [2.75, 3.05) is 0 Å². The van der Waals surface area contributed by atoms with E-state index in [-0.39, 0.29) is 0 Å². The molecule has 7 nitrogen and oxygen atoms in total. The fourth-order valence-electron chi connectivity index (χ4n) is 0.423. The fraction of sp³-hybridized carbons (Fsp3) is 0.500. The normalized spacial score (nSPS) is 11.9. The van der Waals surface area contributed by atoms with E-state index in [9.17, 15) is 9.59 Å². The van der Waals surface area contributed by atoms with Gasteiger partial charge in [0.05, 0.1) is 6.42 Å². The Balaban J connectivity index is 3.77. The van der Waals surface area contributed by atoms with Crippen LogP contribution in [-0.4, -0.2) is 23.0 Å². The lowest BCUT2D eigenvalue weighted by atomic mass is 10.2. The molecular formula is C4H10N4O3. The molecule has 0 fully saturated rings. The summed E-state index contributed by atoms with van der Waals surface area (Å²) in [4.78, 5) is 20.9. The Morgan fingerprint density at radius 3 is 2.27 bits per heavy atom. The van der Waals surface area contributed by atoms with E-state index in [4.69, 9.17) is 5.11 Å². The van der Waals surface area contributed by atoms with E-state index in [1.54, 1.807) is 10.9 Å². The van der Waals surface area contributed by atoms with Gasteiger partial charge >= 0.3 is 0 Å². The summed E-state index contributed by atoms with van der Waals surface area (Å²) in [5.41, 5.74) is 3.44. The van der Waals surface area contributed by atoms with Gasteiger partial charge in [-0.3, -0.25) is 20.4 Å². The number of nitrogens with one attached hydrogen (secondary N) is 2. The van der Waals surface area contributed by atoms with E-state index < -0.39 is 24.3 Å². The molecule has 1 atom stereocenters. The Hall–Kier alpha value is -1.18. The van der Waals surface area contributed by atoms with Gasteiger partial charge in [0.25, 0.3) is 5.91 Å². The third kappa shape index (κ3) is 3.50. The molecule has 0 saturated heterocycles. The van der Waals surface area contributed by atoms with Gasteiger partial charge in [-0.2, -0.15) is 0 Å². The van der Waals surface area contributed by atoms with Gasteiger partial charge in [-0.1, -0.05) is 0 Å². The second-order valence-corrected chi connectivity index (χ2v) is 1.80. The molecule has 1 unspecified atom stereocenters. The zero-order chi connectivity index (χ0) is 8.85. The van der Waals surface area contributed by atoms with Crippen LogP contribution in [0.25, 0.3) is 0 Å². The molecule has 7 heteroatoms. The molecule has 2 amide bonds. The van der Waals surface area contributed by atoms with Crippen LogP contribution in [0.5, 0.6) is 0 Å². The molecule has 11 heavy (non-hydrogen) atoms. The molecule has 0 spiro atoms. The van der Waals surface area contributed by atoms with Crippen molar-refractivity contribution in [3.63, 3.8) is 0 Å². The third-order valence-corrected chi connectivity index (χ3v) is 0.985. The highest BCUT2D eigenvalue weighted by Gasteiger charge is 2.16. The lowest BCUT2D eigenvalue weighted by Gasteiger charge is -2.06. The maximum Gasteiger partial charge on any atom is 0.263 e. The molecular weight excluding hydrogens is 152 g/mol. The fourth-order valence-corrected chi connectivity index (χ4v) is 0.423. The van der Waals surface area contributed by atoms with E-state index in [1.807, 2.05) is 0 Å². The molecule has 0 bridgehead atoms. The minimum absolute atomic E-state index is 0.403. The van der Waals surface area contributed by atoms with Gasteiger partial charge in [0, 0.05) is 0 Å². The number of nitrogens with two attached hydrogens (primary N) is 2. The monoisotopic (exact) mass is 162 g/mol. The number of carbonyl (C=O) groups excluding carboxylic acids is 2. The standard InChI is InChI=1S/C4H10N4O3/c5-7-3(10)1-2(9)4(11)8-6/h2,9H,1,5-6H2,(H,7,10)(H,8,11). The van der Waals surface area contributed by atoms with Crippen LogP contribution in [0.15, 0.2) is 0 Å². The van der Waals surface area contributed by atoms with Gasteiger partial charge in [0.15, 0.2) is 0 Å². The van der Waals surface area contributed by atoms with Gasteiger partial charge in [-0.15, -0.1) is 0 Å². The average Bonchev–Trinajstić information content (AvgIpc) is 2.02. The lowest BCUT2D eigenvalue weighted by Crippen LogP contribution is -2.42. The third-order valence-electron chi connectivity index (χ3n) is 0.985. The first-order chi connectivity index (χ1) is 5.11. The maximum absolute atomic E-state index is 10.5. The predicted molar refractivity (Wildman–Crippen MR) is 35.3 cm³/mol. The number of hydrogen-bond donors (Lipinski definition) is 5. The zero-order valence-corrected chi connectivity index (χ0v) is 5.70. The molecule has 0 aliphatic rings. The van der Waals surface area contributed by atoms with Crippen molar-refractivity contribution in [2.45, 2.75) is 12.5 Å². The van der Waals surface area contributed by atoms with E-state index in [0.717, 1.165) is 0 Å². The highest BCUT2D eigenvalue weighted by atomic mass is 16.3. The average molecular weight is 162 g/mol. The number of amides is 2. The summed E-state index contributed by atoms with van der Waals surface area (Å²) in [6.45, 7) is 0. The van der Waals surface area contributed by atoms with Crippen LogP contribution in [0.1, 0.15) is 6.42 Å². The first-order valence-corrected chi connectivity index (χ1v) is 2.79. The first-order valence-electron chi connectivity index (χ1n) is 2.79. The number of rotatable bonds is 3. The van der Waals surface area contributed by atoms with Crippen molar-refractivity contribution in [2.24, 2.45) is 11.7 Å². The van der Waals surface area contributed by atoms with Crippen LogP contribution >= 0.6 is 0 Å². The summed E-state index contributed by atoms with van der Waals surface area (Å²) in [6.07, 6.45) is -1.86. The Kier molecular flexibility index (Phi) is 4.11. The van der Waals surface area contributed by atoms with Crippen LogP contribution in [0.3, 0.4) is 0 Å². The van der Waals surface area contributed by atoms with Crippen LogP contribution in [-0.2, 0) is 9.59 Å². The lowest BCUT2D eigenvalue weighted by molar-refractivity contribution is -0.134. The second-order valence-electron chi connectivity index (χ2n) is 1.80. The Morgan fingerprint density at radius 2 is 1.91 bits per heavy atom. The van der Waals surface area contributed by atoms with Crippen molar-refractivity contribution in [1.82, 2.24) is 10.9 Å². The Bertz CT molecular complexity index is 159. The topological polar surface area (TPSA) is 130 Å². The number of carbonyl (C=O) groups is 2. The Morgan fingerprint density at radius 1 is 1.36 bits per heavy atom. The van der Waals surface area contributed by atoms with Crippen LogP contribution in [0.2, 0.25) is 0 Å². The smallest absolute Gasteiger partial charge is 0.263 e. The van der Waals surface area contributed by atoms with Crippen LogP contribution < -0.4 is 22.5 Å². The highest BCUT2D eigenvalue weighted by molar-refractivity contribution is 5.86.